The first kappa shape index (κ1) is 15.5. The van der Waals surface area contributed by atoms with E-state index in [4.69, 9.17) is 0 Å². The summed E-state index contributed by atoms with van der Waals surface area (Å²) in [4.78, 5) is 11.4. The zero-order valence-corrected chi connectivity index (χ0v) is 14.3. The van der Waals surface area contributed by atoms with E-state index in [0.717, 1.165) is 16.6 Å². The maximum atomic E-state index is 11.4. The van der Waals surface area contributed by atoms with Crippen molar-refractivity contribution in [1.82, 2.24) is 20.9 Å². The topological polar surface area (TPSA) is 91.3 Å². The smallest absolute Gasteiger partial charge is 0.225 e. The van der Waals surface area contributed by atoms with Gasteiger partial charge in [0.1, 0.15) is 5.01 Å². The van der Waals surface area contributed by atoms with Crippen LogP contribution < -0.4 is 16.1 Å². The number of carbonyl (C=O) groups excluding carboxylic acids is 1. The summed E-state index contributed by atoms with van der Waals surface area (Å²) in [6.07, 6.45) is 3.83. The van der Waals surface area contributed by atoms with Gasteiger partial charge in [-0.1, -0.05) is 30.0 Å². The zero-order valence-electron chi connectivity index (χ0n) is 12.6. The number of nitrogens with one attached hydrogen (secondary N) is 3. The molecule has 1 aromatic heterocycles. The molecule has 7 nitrogen and oxygen atoms in total. The second-order valence-corrected chi connectivity index (χ2v) is 7.73. The maximum absolute atomic E-state index is 11.4. The molecule has 9 heteroatoms. The molecule has 120 valence electrons. The summed E-state index contributed by atoms with van der Waals surface area (Å²) in [6.45, 7) is 1.84. The van der Waals surface area contributed by atoms with Gasteiger partial charge < -0.3 is 10.6 Å². The van der Waals surface area contributed by atoms with Crippen LogP contribution in [0.3, 0.4) is 0 Å². The van der Waals surface area contributed by atoms with Crippen LogP contribution in [0, 0.1) is 11.8 Å². The quantitative estimate of drug-likeness (QED) is 0.754. The van der Waals surface area contributed by atoms with Gasteiger partial charge in [0.15, 0.2) is 5.17 Å². The highest BCUT2D eigenvalue weighted by atomic mass is 32.2. The lowest BCUT2D eigenvalue weighted by atomic mass is 9.73. The van der Waals surface area contributed by atoms with Crippen molar-refractivity contribution in [2.24, 2.45) is 16.9 Å². The van der Waals surface area contributed by atoms with Crippen molar-refractivity contribution < 1.29 is 4.79 Å². The number of carbonyl (C=O) groups is 1. The lowest BCUT2D eigenvalue weighted by molar-refractivity contribution is -0.119. The van der Waals surface area contributed by atoms with Crippen molar-refractivity contribution in [2.45, 2.75) is 38.0 Å². The van der Waals surface area contributed by atoms with E-state index < -0.39 is 0 Å². The number of rotatable bonds is 5. The molecule has 22 heavy (non-hydrogen) atoms. The second kappa shape index (κ2) is 6.82. The van der Waals surface area contributed by atoms with Gasteiger partial charge in [0, 0.05) is 19.9 Å². The van der Waals surface area contributed by atoms with Gasteiger partial charge in [-0.2, -0.15) is 5.10 Å². The minimum absolute atomic E-state index is 0.0109. The third-order valence-electron chi connectivity index (χ3n) is 3.94. The predicted octanol–water partition coefficient (Wildman–Crippen LogP) is 1.61. The molecule has 0 aromatic carbocycles. The van der Waals surface area contributed by atoms with Crippen LogP contribution in [-0.2, 0) is 11.2 Å². The standard InChI is InChI=1S/C13H20N6OS2/c1-3-9(20)15-13-19-17-11(22-13)8-4-7(5-8)6-10-16-18-12(14-2)21-10/h7-8,11,17H,3-6H2,1-2H3,(H,14,18)(H,15,19,20). The van der Waals surface area contributed by atoms with Gasteiger partial charge in [-0.05, 0) is 24.7 Å². The molecular weight excluding hydrogens is 320 g/mol. The fourth-order valence-electron chi connectivity index (χ4n) is 2.65. The summed E-state index contributed by atoms with van der Waals surface area (Å²) in [5, 5.41) is 21.3. The predicted molar refractivity (Wildman–Crippen MR) is 89.8 cm³/mol. The highest BCUT2D eigenvalue weighted by molar-refractivity contribution is 8.14. The van der Waals surface area contributed by atoms with Crippen LogP contribution in [0.5, 0.6) is 0 Å². The van der Waals surface area contributed by atoms with Crippen molar-refractivity contribution in [3.05, 3.63) is 5.01 Å². The van der Waals surface area contributed by atoms with Gasteiger partial charge in [-0.25, -0.2) is 0 Å². The molecule has 0 radical (unpaired) electrons. The normalized spacial score (nSPS) is 26.8. The lowest BCUT2D eigenvalue weighted by Crippen LogP contribution is -2.38. The third kappa shape index (κ3) is 3.52. The average Bonchev–Trinajstić information content (AvgIpc) is 3.11. The molecule has 1 aliphatic carbocycles. The molecule has 3 N–H and O–H groups in total. The first-order valence-electron chi connectivity index (χ1n) is 7.47. The summed E-state index contributed by atoms with van der Waals surface area (Å²) >= 11 is 3.26. The number of amides is 1. The van der Waals surface area contributed by atoms with E-state index in [0.29, 0.717) is 23.4 Å². The number of hydrogen-bond donors (Lipinski definition) is 3. The molecule has 1 atom stereocenters. The summed E-state index contributed by atoms with van der Waals surface area (Å²) in [7, 11) is 1.86. The number of hydrazone groups is 1. The summed E-state index contributed by atoms with van der Waals surface area (Å²) in [5.41, 5.74) is 3.14. The Morgan fingerprint density at radius 3 is 2.91 bits per heavy atom. The van der Waals surface area contributed by atoms with E-state index in [-0.39, 0.29) is 11.3 Å². The van der Waals surface area contributed by atoms with Crippen molar-refractivity contribution >= 4 is 39.3 Å². The van der Waals surface area contributed by atoms with Crippen LogP contribution in [-0.4, -0.2) is 33.7 Å². The molecule has 1 fully saturated rings. The summed E-state index contributed by atoms with van der Waals surface area (Å²) in [5.74, 6) is 1.29. The fraction of sp³-hybridized carbons (Fsp3) is 0.692. The van der Waals surface area contributed by atoms with Crippen LogP contribution in [0.4, 0.5) is 5.13 Å². The molecule has 1 aliphatic heterocycles. The van der Waals surface area contributed by atoms with Crippen LogP contribution in [0.1, 0.15) is 31.2 Å². The Hall–Kier alpha value is -1.35. The zero-order chi connectivity index (χ0) is 15.5. The Bertz CT molecular complexity index is 569. The highest BCUT2D eigenvalue weighted by Gasteiger charge is 2.38. The first-order chi connectivity index (χ1) is 10.7. The maximum Gasteiger partial charge on any atom is 0.225 e. The van der Waals surface area contributed by atoms with Crippen LogP contribution in [0.2, 0.25) is 0 Å². The number of anilines is 1. The van der Waals surface area contributed by atoms with E-state index in [2.05, 4.69) is 31.4 Å². The molecule has 1 aromatic rings. The molecule has 1 amide bonds. The Morgan fingerprint density at radius 2 is 2.23 bits per heavy atom. The highest BCUT2D eigenvalue weighted by Crippen LogP contribution is 2.42. The van der Waals surface area contributed by atoms with E-state index in [1.54, 1.807) is 23.1 Å². The van der Waals surface area contributed by atoms with Gasteiger partial charge in [0.05, 0.1) is 5.37 Å². The molecule has 2 aliphatic rings. The van der Waals surface area contributed by atoms with Gasteiger partial charge in [0.25, 0.3) is 0 Å². The SMILES string of the molecule is CCC(=O)NC1=NNC(C2CC(Cc3nnc(NC)s3)C2)S1. The molecule has 1 saturated carbocycles. The van der Waals surface area contributed by atoms with E-state index in [1.165, 1.54) is 12.8 Å². The molecule has 0 bridgehead atoms. The van der Waals surface area contributed by atoms with Crippen molar-refractivity contribution in [3.8, 4) is 0 Å². The largest absolute Gasteiger partial charge is 0.363 e. The average molecular weight is 340 g/mol. The van der Waals surface area contributed by atoms with E-state index in [9.17, 15) is 4.79 Å². The molecular formula is C13H20N6OS2. The van der Waals surface area contributed by atoms with Crippen LogP contribution in [0.15, 0.2) is 5.10 Å². The lowest BCUT2D eigenvalue weighted by Gasteiger charge is -2.37. The number of hydrogen-bond acceptors (Lipinski definition) is 8. The Balaban J connectivity index is 1.40. The Kier molecular flexibility index (Phi) is 4.82. The van der Waals surface area contributed by atoms with E-state index in [1.807, 2.05) is 14.0 Å². The number of thioether (sulfide) groups is 1. The monoisotopic (exact) mass is 340 g/mol. The Morgan fingerprint density at radius 1 is 1.41 bits per heavy atom. The Labute approximate surface area is 137 Å². The molecule has 0 spiro atoms. The number of amidine groups is 1. The van der Waals surface area contributed by atoms with Gasteiger partial charge >= 0.3 is 0 Å². The fourth-order valence-corrected chi connectivity index (χ4v) is 4.49. The minimum atomic E-state index is 0.0109. The van der Waals surface area contributed by atoms with Gasteiger partial charge in [0.2, 0.25) is 11.0 Å². The van der Waals surface area contributed by atoms with Crippen LogP contribution in [0.25, 0.3) is 0 Å². The number of aromatic nitrogens is 2. The minimum Gasteiger partial charge on any atom is -0.363 e. The molecule has 2 heterocycles. The first-order valence-corrected chi connectivity index (χ1v) is 9.17. The molecule has 1 unspecified atom stereocenters. The second-order valence-electron chi connectivity index (χ2n) is 5.54. The number of nitrogens with zero attached hydrogens (tertiary/aromatic N) is 3. The summed E-state index contributed by atoms with van der Waals surface area (Å²) < 4.78 is 0. The van der Waals surface area contributed by atoms with Crippen molar-refractivity contribution in [3.63, 3.8) is 0 Å². The molecule has 3 rings (SSSR count). The summed E-state index contributed by atoms with van der Waals surface area (Å²) in [6, 6.07) is 0. The van der Waals surface area contributed by atoms with Gasteiger partial charge in [-0.3, -0.25) is 10.2 Å². The van der Waals surface area contributed by atoms with Crippen molar-refractivity contribution in [2.75, 3.05) is 12.4 Å². The van der Waals surface area contributed by atoms with Gasteiger partial charge in [-0.15, -0.1) is 10.2 Å². The van der Waals surface area contributed by atoms with Crippen LogP contribution >= 0.6 is 23.1 Å². The third-order valence-corrected chi connectivity index (χ3v) is 6.07. The molecule has 0 saturated heterocycles. The van der Waals surface area contributed by atoms with Crippen molar-refractivity contribution in [1.29, 1.82) is 0 Å². The van der Waals surface area contributed by atoms with E-state index >= 15 is 0 Å².